The molecule has 0 radical (unpaired) electrons. The number of likely N-dealkylation sites (tertiary alicyclic amines) is 1. The summed E-state index contributed by atoms with van der Waals surface area (Å²) in [5.74, 6) is -0.815. The zero-order valence-electron chi connectivity index (χ0n) is 25.7. The normalized spacial score (nSPS) is 18.8. The number of nitrogens with one attached hydrogen (secondary N) is 1. The number of hydrogen-bond acceptors (Lipinski definition) is 7. The van der Waals surface area contributed by atoms with Gasteiger partial charge in [0, 0.05) is 37.2 Å². The van der Waals surface area contributed by atoms with Crippen molar-refractivity contribution in [1.82, 2.24) is 30.1 Å². The molecule has 45 heavy (non-hydrogen) atoms. The number of rotatable bonds is 14. The first-order chi connectivity index (χ1) is 21.9. The smallest absolute Gasteiger partial charge is 0.309 e. The number of nitrogens with zero attached hydrogens (tertiary/aromatic N) is 5. The largest absolute Gasteiger partial charge is 0.466 e. The van der Waals surface area contributed by atoms with E-state index in [2.05, 4.69) is 27.1 Å². The molecule has 2 aliphatic rings. The predicted molar refractivity (Wildman–Crippen MR) is 167 cm³/mol. The lowest BCUT2D eigenvalue weighted by Gasteiger charge is -2.34. The van der Waals surface area contributed by atoms with Gasteiger partial charge in [0.1, 0.15) is 11.9 Å². The van der Waals surface area contributed by atoms with Crippen LogP contribution in [0.3, 0.4) is 0 Å². The molecule has 2 amide bonds. The van der Waals surface area contributed by atoms with Gasteiger partial charge in [-0.3, -0.25) is 19.3 Å². The van der Waals surface area contributed by atoms with E-state index in [-0.39, 0.29) is 29.5 Å². The Morgan fingerprint density at radius 3 is 2.51 bits per heavy atom. The third-order valence-electron chi connectivity index (χ3n) is 8.67. The second-order valence-corrected chi connectivity index (χ2v) is 11.7. The summed E-state index contributed by atoms with van der Waals surface area (Å²) >= 11 is 0. The summed E-state index contributed by atoms with van der Waals surface area (Å²) in [5, 5.41) is 10.8. The molecule has 0 spiro atoms. The molecule has 5 rings (SSSR count). The van der Waals surface area contributed by atoms with E-state index in [1.807, 2.05) is 18.2 Å². The van der Waals surface area contributed by atoms with Crippen LogP contribution in [0.15, 0.2) is 73.6 Å². The van der Waals surface area contributed by atoms with E-state index in [0.717, 1.165) is 24.2 Å². The predicted octanol–water partition coefficient (Wildman–Crippen LogP) is 4.13. The SMILES string of the molecule is C=CCN(CCC[C@H](NC(=O)c1ccc(-n2ccnn2)cc1)C(=O)N1CCC(C(=O)OCC)CC1)[C@@H]1C[C@H]1c1ccc(F)cc1. The van der Waals surface area contributed by atoms with Crippen molar-refractivity contribution in [1.29, 1.82) is 0 Å². The molecule has 0 unspecified atom stereocenters. The Morgan fingerprint density at radius 2 is 1.87 bits per heavy atom. The molecule has 2 fully saturated rings. The molecule has 0 bridgehead atoms. The van der Waals surface area contributed by atoms with Gasteiger partial charge in [-0.2, -0.15) is 0 Å². The van der Waals surface area contributed by atoms with Gasteiger partial charge < -0.3 is 15.0 Å². The van der Waals surface area contributed by atoms with Gasteiger partial charge in [-0.25, -0.2) is 9.07 Å². The fraction of sp³-hybridized carbons (Fsp3) is 0.441. The highest BCUT2D eigenvalue weighted by Crippen LogP contribution is 2.44. The van der Waals surface area contributed by atoms with Crippen LogP contribution < -0.4 is 5.32 Å². The van der Waals surface area contributed by atoms with E-state index in [1.54, 1.807) is 53.2 Å². The number of piperidine rings is 1. The molecule has 3 atom stereocenters. The standard InChI is InChI=1S/C34H41FN6O4/c1-3-18-39(31-23-29(31)24-7-11-27(35)12-8-24)19-5-6-30(33(43)40-20-15-26(16-21-40)34(44)45-4-2)37-32(42)25-9-13-28(14-10-25)41-22-17-36-38-41/h3,7-14,17,22,26,29-31H,1,4-6,15-16,18-21,23H2,2H3,(H,37,42)/t29-,30-,31+/m0/s1. The molecular weight excluding hydrogens is 575 g/mol. The average Bonchev–Trinajstić information content (AvgIpc) is 3.66. The Labute approximate surface area is 263 Å². The highest BCUT2D eigenvalue weighted by atomic mass is 19.1. The molecule has 10 nitrogen and oxygen atoms in total. The van der Waals surface area contributed by atoms with Crippen LogP contribution in [0.5, 0.6) is 0 Å². The summed E-state index contributed by atoms with van der Waals surface area (Å²) in [6.45, 7) is 8.35. The van der Waals surface area contributed by atoms with Gasteiger partial charge in [0.25, 0.3) is 5.91 Å². The van der Waals surface area contributed by atoms with Crippen molar-refractivity contribution in [2.24, 2.45) is 5.92 Å². The van der Waals surface area contributed by atoms with Crippen molar-refractivity contribution < 1.29 is 23.5 Å². The van der Waals surface area contributed by atoms with Crippen LogP contribution in [-0.4, -0.2) is 87.4 Å². The van der Waals surface area contributed by atoms with Crippen molar-refractivity contribution in [3.63, 3.8) is 0 Å². The van der Waals surface area contributed by atoms with Crippen LogP contribution in [-0.2, 0) is 14.3 Å². The zero-order chi connectivity index (χ0) is 31.8. The number of esters is 1. The van der Waals surface area contributed by atoms with Crippen molar-refractivity contribution >= 4 is 17.8 Å². The summed E-state index contributed by atoms with van der Waals surface area (Å²) in [6.07, 6.45) is 8.37. The van der Waals surface area contributed by atoms with Gasteiger partial charge in [0.05, 0.1) is 30.6 Å². The lowest BCUT2D eigenvalue weighted by atomic mass is 9.96. The van der Waals surface area contributed by atoms with E-state index in [4.69, 9.17) is 4.74 Å². The van der Waals surface area contributed by atoms with Crippen molar-refractivity contribution in [2.75, 3.05) is 32.8 Å². The molecule has 1 saturated heterocycles. The summed E-state index contributed by atoms with van der Waals surface area (Å²) in [7, 11) is 0. The Balaban J connectivity index is 1.23. The van der Waals surface area contributed by atoms with Crippen molar-refractivity contribution in [2.45, 2.75) is 57.0 Å². The van der Waals surface area contributed by atoms with Gasteiger partial charge in [-0.15, -0.1) is 11.7 Å². The molecule has 1 aliphatic heterocycles. The molecule has 1 N–H and O–H groups in total. The summed E-state index contributed by atoms with van der Waals surface area (Å²) in [5.41, 5.74) is 2.32. The van der Waals surface area contributed by atoms with E-state index >= 15 is 0 Å². The Kier molecular flexibility index (Phi) is 10.7. The van der Waals surface area contributed by atoms with Gasteiger partial charge in [-0.05, 0) is 87.5 Å². The number of carbonyl (C=O) groups is 3. The van der Waals surface area contributed by atoms with Crippen LogP contribution in [0, 0.1) is 11.7 Å². The van der Waals surface area contributed by atoms with Crippen LogP contribution in [0.1, 0.15) is 60.9 Å². The Hall–Kier alpha value is -4.38. The van der Waals surface area contributed by atoms with Crippen molar-refractivity contribution in [3.05, 3.63) is 90.5 Å². The zero-order valence-corrected chi connectivity index (χ0v) is 25.7. The molecule has 2 heterocycles. The van der Waals surface area contributed by atoms with Crippen LogP contribution >= 0.6 is 0 Å². The number of amides is 2. The molecule has 1 aliphatic carbocycles. The third kappa shape index (κ3) is 8.21. The molecule has 1 aromatic heterocycles. The first-order valence-corrected chi connectivity index (χ1v) is 15.7. The van der Waals surface area contributed by atoms with Crippen molar-refractivity contribution in [3.8, 4) is 5.69 Å². The van der Waals surface area contributed by atoms with E-state index in [1.165, 1.54) is 12.1 Å². The highest BCUT2D eigenvalue weighted by Gasteiger charge is 2.42. The van der Waals surface area contributed by atoms with Crippen LogP contribution in [0.4, 0.5) is 4.39 Å². The lowest BCUT2D eigenvalue weighted by Crippen LogP contribution is -2.51. The maximum Gasteiger partial charge on any atom is 0.309 e. The minimum absolute atomic E-state index is 0.143. The fourth-order valence-electron chi connectivity index (χ4n) is 6.14. The second kappa shape index (κ2) is 15.1. The third-order valence-corrected chi connectivity index (χ3v) is 8.67. The number of ether oxygens (including phenoxy) is 1. The number of benzene rings is 2. The second-order valence-electron chi connectivity index (χ2n) is 11.7. The Morgan fingerprint density at radius 1 is 1.13 bits per heavy atom. The maximum absolute atomic E-state index is 13.8. The number of carbonyl (C=O) groups excluding carboxylic acids is 3. The number of aromatic nitrogens is 3. The number of hydrogen-bond donors (Lipinski definition) is 1. The Bertz CT molecular complexity index is 1440. The fourth-order valence-corrected chi connectivity index (χ4v) is 6.14. The first-order valence-electron chi connectivity index (χ1n) is 15.7. The van der Waals surface area contributed by atoms with Gasteiger partial charge in [0.15, 0.2) is 0 Å². The summed E-state index contributed by atoms with van der Waals surface area (Å²) in [4.78, 5) is 43.5. The quantitative estimate of drug-likeness (QED) is 0.214. The average molecular weight is 617 g/mol. The van der Waals surface area contributed by atoms with Gasteiger partial charge in [-0.1, -0.05) is 23.4 Å². The molecule has 2 aromatic carbocycles. The lowest BCUT2D eigenvalue weighted by molar-refractivity contribution is -0.151. The molecular formula is C34H41FN6O4. The number of halogens is 1. The maximum atomic E-state index is 13.8. The summed E-state index contributed by atoms with van der Waals surface area (Å²) in [6, 6.07) is 13.3. The first kappa shape index (κ1) is 32.0. The highest BCUT2D eigenvalue weighted by molar-refractivity contribution is 5.97. The monoisotopic (exact) mass is 616 g/mol. The minimum atomic E-state index is -0.718. The topological polar surface area (TPSA) is 110 Å². The van der Waals surface area contributed by atoms with Crippen LogP contribution in [0.25, 0.3) is 5.69 Å². The van der Waals surface area contributed by atoms with Crippen LogP contribution in [0.2, 0.25) is 0 Å². The summed E-state index contributed by atoms with van der Waals surface area (Å²) < 4.78 is 20.2. The van der Waals surface area contributed by atoms with E-state index in [9.17, 15) is 18.8 Å². The van der Waals surface area contributed by atoms with Gasteiger partial charge in [0.2, 0.25) is 5.91 Å². The molecule has 1 saturated carbocycles. The van der Waals surface area contributed by atoms with E-state index in [0.29, 0.717) is 69.4 Å². The minimum Gasteiger partial charge on any atom is -0.466 e. The molecule has 11 heteroatoms. The molecule has 238 valence electrons. The van der Waals surface area contributed by atoms with E-state index < -0.39 is 6.04 Å². The molecule has 3 aromatic rings. The van der Waals surface area contributed by atoms with Gasteiger partial charge >= 0.3 is 5.97 Å².